The van der Waals surface area contributed by atoms with Crippen molar-refractivity contribution < 1.29 is 0 Å². The molecule has 0 N–H and O–H groups in total. The highest BCUT2D eigenvalue weighted by molar-refractivity contribution is 6.14. The first-order valence-electron chi connectivity index (χ1n) is 15.7. The van der Waals surface area contributed by atoms with Crippen LogP contribution in [0, 0.1) is 0 Å². The first-order chi connectivity index (χ1) is 20.8. The van der Waals surface area contributed by atoms with Gasteiger partial charge >= 0.3 is 0 Å². The van der Waals surface area contributed by atoms with Crippen LogP contribution in [-0.2, 0) is 10.8 Å². The van der Waals surface area contributed by atoms with Gasteiger partial charge in [0, 0.05) is 21.6 Å². The van der Waals surface area contributed by atoms with Crippen molar-refractivity contribution in [3.63, 3.8) is 0 Å². The molecule has 2 aliphatic carbocycles. The van der Waals surface area contributed by atoms with Crippen molar-refractivity contribution in [2.24, 2.45) is 0 Å². The Morgan fingerprint density at radius 3 is 2.16 bits per heavy atom. The minimum atomic E-state index is -0.112. The summed E-state index contributed by atoms with van der Waals surface area (Å²) in [6, 6.07) is 39.0. The molecule has 0 saturated heterocycles. The number of hydrogen-bond acceptors (Lipinski definition) is 0. The highest BCUT2D eigenvalue weighted by Gasteiger charge is 2.38. The number of fused-ring (bicyclic) bond motifs is 7. The Bertz CT molecular complexity index is 2220. The number of benzene rings is 5. The average Bonchev–Trinajstić information content (AvgIpc) is 3.49. The van der Waals surface area contributed by atoms with Crippen LogP contribution < -0.4 is 0 Å². The second kappa shape index (κ2) is 8.48. The van der Waals surface area contributed by atoms with Gasteiger partial charge in [0.2, 0.25) is 0 Å². The Hall–Kier alpha value is -4.62. The van der Waals surface area contributed by atoms with E-state index in [-0.39, 0.29) is 10.8 Å². The smallest absolute Gasteiger partial charge is 0.0582 e. The van der Waals surface area contributed by atoms with Gasteiger partial charge in [0.05, 0.1) is 16.7 Å². The zero-order valence-corrected chi connectivity index (χ0v) is 25.3. The maximum Gasteiger partial charge on any atom is 0.0582 e. The van der Waals surface area contributed by atoms with Crippen molar-refractivity contribution in [1.29, 1.82) is 0 Å². The standard InChI is InChI=1S/C42H35N/c1-41(2)34-15-9-8-14-30(34)31-20-18-28(24-36(31)41)27-19-21-38-32(22-27)33-23-29(26-12-6-5-7-13-26)25-37-40(33)43(38)39-17-11-10-16-35(39)42(37,3)4/h5-7,9-13,15-25H,8,14H2,1-4H3. The van der Waals surface area contributed by atoms with Crippen molar-refractivity contribution in [1.82, 2.24) is 4.57 Å². The quantitative estimate of drug-likeness (QED) is 0.201. The molecule has 3 aliphatic rings. The van der Waals surface area contributed by atoms with Crippen LogP contribution in [0.3, 0.4) is 0 Å². The first-order valence-corrected chi connectivity index (χ1v) is 15.7. The summed E-state index contributed by atoms with van der Waals surface area (Å²) in [5.74, 6) is 0. The highest BCUT2D eigenvalue weighted by Crippen LogP contribution is 2.52. The Labute approximate surface area is 253 Å². The molecular formula is C42H35N. The summed E-state index contributed by atoms with van der Waals surface area (Å²) in [5.41, 5.74) is 17.7. The first kappa shape index (κ1) is 24.9. The monoisotopic (exact) mass is 553 g/mol. The van der Waals surface area contributed by atoms with E-state index in [9.17, 15) is 0 Å². The average molecular weight is 554 g/mol. The Morgan fingerprint density at radius 2 is 1.30 bits per heavy atom. The molecule has 43 heavy (non-hydrogen) atoms. The number of nitrogens with zero attached hydrogens (tertiary/aromatic N) is 1. The number of rotatable bonds is 2. The topological polar surface area (TPSA) is 4.93 Å². The summed E-state index contributed by atoms with van der Waals surface area (Å²) in [6.07, 6.45) is 7.02. The van der Waals surface area contributed by atoms with E-state index in [1.807, 2.05) is 0 Å². The van der Waals surface area contributed by atoms with Gasteiger partial charge in [-0.2, -0.15) is 0 Å². The van der Waals surface area contributed by atoms with Gasteiger partial charge in [-0.15, -0.1) is 0 Å². The van der Waals surface area contributed by atoms with Crippen LogP contribution in [0.4, 0.5) is 0 Å². The Balaban J connectivity index is 1.31. The summed E-state index contributed by atoms with van der Waals surface area (Å²) in [6.45, 7) is 9.56. The number of para-hydroxylation sites is 1. The lowest BCUT2D eigenvalue weighted by Gasteiger charge is -2.35. The maximum absolute atomic E-state index is 2.52. The zero-order chi connectivity index (χ0) is 29.1. The van der Waals surface area contributed by atoms with E-state index < -0.39 is 0 Å². The van der Waals surface area contributed by atoms with E-state index in [0.717, 1.165) is 12.8 Å². The predicted octanol–water partition coefficient (Wildman–Crippen LogP) is 11.2. The van der Waals surface area contributed by atoms with Crippen molar-refractivity contribution in [3.05, 3.63) is 143 Å². The molecule has 1 aromatic heterocycles. The van der Waals surface area contributed by atoms with Crippen molar-refractivity contribution in [2.45, 2.75) is 51.4 Å². The largest absolute Gasteiger partial charge is 0.309 e. The third kappa shape index (κ3) is 3.28. The molecule has 5 aromatic carbocycles. The Kier molecular flexibility index (Phi) is 4.92. The molecule has 0 saturated carbocycles. The van der Waals surface area contributed by atoms with E-state index in [4.69, 9.17) is 0 Å². The van der Waals surface area contributed by atoms with Gasteiger partial charge in [-0.1, -0.05) is 107 Å². The summed E-state index contributed by atoms with van der Waals surface area (Å²) in [7, 11) is 0. The summed E-state index contributed by atoms with van der Waals surface area (Å²) >= 11 is 0. The molecule has 1 nitrogen and oxygen atoms in total. The molecule has 1 aliphatic heterocycles. The molecule has 0 radical (unpaired) electrons. The normalized spacial score (nSPS) is 17.3. The fourth-order valence-electron chi connectivity index (χ4n) is 8.37. The van der Waals surface area contributed by atoms with Crippen LogP contribution in [0.15, 0.2) is 121 Å². The fourth-order valence-corrected chi connectivity index (χ4v) is 8.37. The second-order valence-corrected chi connectivity index (χ2v) is 13.7. The third-order valence-corrected chi connectivity index (χ3v) is 10.7. The van der Waals surface area contributed by atoms with E-state index in [0.29, 0.717) is 0 Å². The van der Waals surface area contributed by atoms with Gasteiger partial charge in [-0.3, -0.25) is 0 Å². The van der Waals surface area contributed by atoms with Crippen molar-refractivity contribution in [2.75, 3.05) is 0 Å². The lowest BCUT2D eigenvalue weighted by molar-refractivity contribution is 0.630. The SMILES string of the molecule is CC1(C)C2=C(CCC=C2)c2ccc(-c3ccc4c(c3)c3cc(-c5ccccc5)cc5c3n4-c3ccccc3C5(C)C)cc21. The van der Waals surface area contributed by atoms with Gasteiger partial charge in [0.15, 0.2) is 0 Å². The molecule has 1 heteroatoms. The molecule has 0 unspecified atom stereocenters. The van der Waals surface area contributed by atoms with Gasteiger partial charge in [-0.05, 0) is 105 Å². The highest BCUT2D eigenvalue weighted by atomic mass is 15.0. The van der Waals surface area contributed by atoms with Crippen molar-refractivity contribution in [3.8, 4) is 27.9 Å². The van der Waals surface area contributed by atoms with E-state index in [2.05, 4.69) is 148 Å². The van der Waals surface area contributed by atoms with Crippen LogP contribution in [0.2, 0.25) is 0 Å². The van der Waals surface area contributed by atoms with Crippen molar-refractivity contribution >= 4 is 27.4 Å². The second-order valence-electron chi connectivity index (χ2n) is 13.7. The minimum absolute atomic E-state index is 0.0330. The summed E-state index contributed by atoms with van der Waals surface area (Å²) in [4.78, 5) is 0. The molecule has 0 spiro atoms. The number of hydrogen-bond donors (Lipinski definition) is 0. The number of aromatic nitrogens is 1. The van der Waals surface area contributed by atoms with Crippen LogP contribution in [0.25, 0.3) is 55.3 Å². The maximum atomic E-state index is 2.52. The van der Waals surface area contributed by atoms with Crippen LogP contribution >= 0.6 is 0 Å². The molecule has 0 bridgehead atoms. The molecule has 6 aromatic rings. The zero-order valence-electron chi connectivity index (χ0n) is 25.3. The third-order valence-electron chi connectivity index (χ3n) is 10.7. The van der Waals surface area contributed by atoms with Gasteiger partial charge in [0.25, 0.3) is 0 Å². The molecule has 2 heterocycles. The van der Waals surface area contributed by atoms with Gasteiger partial charge in [0.1, 0.15) is 0 Å². The molecule has 0 fully saturated rings. The molecule has 0 atom stereocenters. The van der Waals surface area contributed by atoms with Crippen LogP contribution in [-0.4, -0.2) is 4.57 Å². The molecule has 9 rings (SSSR count). The lowest BCUT2D eigenvalue weighted by atomic mass is 9.74. The fraction of sp³-hybridized carbons (Fsp3) is 0.190. The Morgan fingerprint density at radius 1 is 0.581 bits per heavy atom. The lowest BCUT2D eigenvalue weighted by Crippen LogP contribution is -2.26. The minimum Gasteiger partial charge on any atom is -0.309 e. The van der Waals surface area contributed by atoms with Gasteiger partial charge < -0.3 is 4.57 Å². The summed E-state index contributed by atoms with van der Waals surface area (Å²) in [5, 5.41) is 2.65. The van der Waals surface area contributed by atoms with E-state index in [1.165, 1.54) is 77.6 Å². The van der Waals surface area contributed by atoms with Gasteiger partial charge in [-0.25, -0.2) is 0 Å². The number of allylic oxidation sites excluding steroid dienone is 4. The molecule has 0 amide bonds. The predicted molar refractivity (Wildman–Crippen MR) is 182 cm³/mol. The van der Waals surface area contributed by atoms with Crippen LogP contribution in [0.5, 0.6) is 0 Å². The summed E-state index contributed by atoms with van der Waals surface area (Å²) < 4.78 is 2.52. The van der Waals surface area contributed by atoms with E-state index in [1.54, 1.807) is 5.57 Å². The molecular weight excluding hydrogens is 518 g/mol. The molecule has 208 valence electrons. The van der Waals surface area contributed by atoms with E-state index >= 15 is 0 Å². The van der Waals surface area contributed by atoms with Crippen LogP contribution in [0.1, 0.15) is 62.8 Å².